The quantitative estimate of drug-likeness (QED) is 0.887. The minimum atomic E-state index is 0.129. The van der Waals surface area contributed by atoms with Gasteiger partial charge in [-0.3, -0.25) is 4.90 Å². The third kappa shape index (κ3) is 3.31. The molecule has 0 saturated carbocycles. The molecule has 0 spiro atoms. The number of hydrogen-bond donors (Lipinski definition) is 1. The largest absolute Gasteiger partial charge is 0.378 e. The van der Waals surface area contributed by atoms with Crippen molar-refractivity contribution in [2.75, 3.05) is 26.3 Å². The van der Waals surface area contributed by atoms with Crippen LogP contribution < -0.4 is 5.73 Å². The van der Waals surface area contributed by atoms with Gasteiger partial charge < -0.3 is 10.5 Å². The van der Waals surface area contributed by atoms with Gasteiger partial charge in [-0.25, -0.2) is 0 Å². The number of hydrogen-bond acceptors (Lipinski definition) is 3. The van der Waals surface area contributed by atoms with E-state index in [4.69, 9.17) is 10.5 Å². The number of ether oxygens (including phenoxy) is 1. The van der Waals surface area contributed by atoms with Crippen molar-refractivity contribution in [3.05, 3.63) is 35.9 Å². The van der Waals surface area contributed by atoms with Crippen LogP contribution in [0.1, 0.15) is 31.9 Å². The molecule has 0 aromatic heterocycles. The lowest BCUT2D eigenvalue weighted by Gasteiger charge is -2.42. The average Bonchev–Trinajstić information content (AvgIpc) is 2.38. The lowest BCUT2D eigenvalue weighted by molar-refractivity contribution is -0.0517. The number of nitrogens with two attached hydrogens (primary N) is 1. The minimum absolute atomic E-state index is 0.129. The van der Waals surface area contributed by atoms with Crippen molar-refractivity contribution in [1.82, 2.24) is 4.90 Å². The van der Waals surface area contributed by atoms with Crippen molar-refractivity contribution < 1.29 is 4.74 Å². The van der Waals surface area contributed by atoms with Gasteiger partial charge in [-0.05, 0) is 25.8 Å². The van der Waals surface area contributed by atoms with Crippen LogP contribution in [0, 0.1) is 0 Å². The zero-order valence-corrected chi connectivity index (χ0v) is 11.4. The molecule has 2 N–H and O–H groups in total. The molecule has 3 heteroatoms. The fraction of sp³-hybridized carbons (Fsp3) is 0.600. The predicted molar refractivity (Wildman–Crippen MR) is 74.5 cm³/mol. The molecule has 1 aromatic carbocycles. The number of nitrogens with zero attached hydrogens (tertiary/aromatic N) is 1. The van der Waals surface area contributed by atoms with E-state index in [1.165, 1.54) is 5.56 Å². The van der Waals surface area contributed by atoms with Crippen molar-refractivity contribution in [2.24, 2.45) is 5.73 Å². The Labute approximate surface area is 110 Å². The molecule has 2 rings (SSSR count). The lowest BCUT2D eigenvalue weighted by atomic mass is 10.00. The number of morpholine rings is 1. The zero-order valence-electron chi connectivity index (χ0n) is 11.4. The monoisotopic (exact) mass is 248 g/mol. The summed E-state index contributed by atoms with van der Waals surface area (Å²) in [7, 11) is 0. The Morgan fingerprint density at radius 1 is 1.33 bits per heavy atom. The molecule has 3 nitrogen and oxygen atoms in total. The third-order valence-corrected chi connectivity index (χ3v) is 3.75. The lowest BCUT2D eigenvalue weighted by Crippen LogP contribution is -2.53. The molecule has 1 atom stereocenters. The molecule has 1 fully saturated rings. The average molecular weight is 248 g/mol. The van der Waals surface area contributed by atoms with E-state index < -0.39 is 0 Å². The summed E-state index contributed by atoms with van der Waals surface area (Å²) in [5, 5.41) is 0. The van der Waals surface area contributed by atoms with Gasteiger partial charge in [-0.2, -0.15) is 0 Å². The molecule has 1 aliphatic rings. The first kappa shape index (κ1) is 13.5. The van der Waals surface area contributed by atoms with E-state index in [0.29, 0.717) is 0 Å². The molecule has 1 saturated heterocycles. The summed E-state index contributed by atoms with van der Waals surface area (Å²) in [6.45, 7) is 8.17. The second kappa shape index (κ2) is 5.83. The van der Waals surface area contributed by atoms with Gasteiger partial charge >= 0.3 is 0 Å². The molecular formula is C15H24N2O. The van der Waals surface area contributed by atoms with Crippen LogP contribution in [-0.4, -0.2) is 36.7 Å². The Morgan fingerprint density at radius 3 is 2.72 bits per heavy atom. The first-order valence-corrected chi connectivity index (χ1v) is 6.73. The van der Waals surface area contributed by atoms with E-state index in [1.807, 2.05) is 18.2 Å². The van der Waals surface area contributed by atoms with Crippen LogP contribution in [-0.2, 0) is 4.74 Å². The standard InChI is InChI=1S/C15H24N2O/c1-15(2)12-18-11-10-17(15)9-8-14(16)13-6-4-3-5-7-13/h3-7,14H,8-12,16H2,1-2H3. The van der Waals surface area contributed by atoms with Crippen LogP contribution in [0.4, 0.5) is 0 Å². The maximum atomic E-state index is 6.24. The SMILES string of the molecule is CC1(C)COCCN1CCC(N)c1ccccc1. The molecule has 0 bridgehead atoms. The molecule has 1 aromatic rings. The fourth-order valence-electron chi connectivity index (χ4n) is 2.47. The van der Waals surface area contributed by atoms with Crippen LogP contribution in [0.3, 0.4) is 0 Å². The summed E-state index contributed by atoms with van der Waals surface area (Å²) in [6.07, 6.45) is 0.993. The highest BCUT2D eigenvalue weighted by atomic mass is 16.5. The van der Waals surface area contributed by atoms with Crippen molar-refractivity contribution in [3.63, 3.8) is 0 Å². The van der Waals surface area contributed by atoms with Crippen LogP contribution in [0.5, 0.6) is 0 Å². The van der Waals surface area contributed by atoms with Crippen LogP contribution in [0.15, 0.2) is 30.3 Å². The van der Waals surface area contributed by atoms with Gasteiger partial charge in [0.05, 0.1) is 13.2 Å². The summed E-state index contributed by atoms with van der Waals surface area (Å²) in [4.78, 5) is 2.49. The highest BCUT2D eigenvalue weighted by Gasteiger charge is 2.30. The van der Waals surface area contributed by atoms with Crippen LogP contribution in [0.25, 0.3) is 0 Å². The highest BCUT2D eigenvalue weighted by molar-refractivity contribution is 5.18. The number of rotatable bonds is 4. The maximum Gasteiger partial charge on any atom is 0.0645 e. The van der Waals surface area contributed by atoms with E-state index in [1.54, 1.807) is 0 Å². The molecule has 100 valence electrons. The first-order chi connectivity index (χ1) is 8.59. The highest BCUT2D eigenvalue weighted by Crippen LogP contribution is 2.21. The van der Waals surface area contributed by atoms with E-state index in [2.05, 4.69) is 30.9 Å². The van der Waals surface area contributed by atoms with Gasteiger partial charge in [0.25, 0.3) is 0 Å². The van der Waals surface area contributed by atoms with Gasteiger partial charge in [0.2, 0.25) is 0 Å². The van der Waals surface area contributed by atoms with Gasteiger partial charge in [0.15, 0.2) is 0 Å². The fourth-order valence-corrected chi connectivity index (χ4v) is 2.47. The van der Waals surface area contributed by atoms with Crippen LogP contribution >= 0.6 is 0 Å². The van der Waals surface area contributed by atoms with Gasteiger partial charge in [-0.1, -0.05) is 30.3 Å². The Bertz CT molecular complexity index is 364. The Kier molecular flexibility index (Phi) is 4.38. The summed E-state index contributed by atoms with van der Waals surface area (Å²) < 4.78 is 5.53. The van der Waals surface area contributed by atoms with E-state index >= 15 is 0 Å². The van der Waals surface area contributed by atoms with E-state index in [0.717, 1.165) is 32.7 Å². The summed E-state index contributed by atoms with van der Waals surface area (Å²) >= 11 is 0. The molecule has 1 aliphatic heterocycles. The van der Waals surface area contributed by atoms with Crippen molar-refractivity contribution >= 4 is 0 Å². The molecule has 0 aliphatic carbocycles. The van der Waals surface area contributed by atoms with Crippen molar-refractivity contribution in [2.45, 2.75) is 31.8 Å². The smallest absolute Gasteiger partial charge is 0.0645 e. The summed E-state index contributed by atoms with van der Waals surface area (Å²) in [5.74, 6) is 0. The first-order valence-electron chi connectivity index (χ1n) is 6.73. The molecule has 0 radical (unpaired) electrons. The normalized spacial score (nSPS) is 21.7. The predicted octanol–water partition coefficient (Wildman–Crippen LogP) is 2.19. The number of benzene rings is 1. The second-order valence-electron chi connectivity index (χ2n) is 5.66. The van der Waals surface area contributed by atoms with Gasteiger partial charge in [0, 0.05) is 24.7 Å². The summed E-state index contributed by atoms with van der Waals surface area (Å²) in [5.41, 5.74) is 7.60. The molecule has 0 amide bonds. The summed E-state index contributed by atoms with van der Waals surface area (Å²) in [6, 6.07) is 10.5. The van der Waals surface area contributed by atoms with Crippen molar-refractivity contribution in [1.29, 1.82) is 0 Å². The molecular weight excluding hydrogens is 224 g/mol. The Balaban J connectivity index is 1.87. The van der Waals surface area contributed by atoms with Crippen LogP contribution in [0.2, 0.25) is 0 Å². The molecule has 18 heavy (non-hydrogen) atoms. The van der Waals surface area contributed by atoms with Crippen molar-refractivity contribution in [3.8, 4) is 0 Å². The molecule has 1 unspecified atom stereocenters. The minimum Gasteiger partial charge on any atom is -0.378 e. The van der Waals surface area contributed by atoms with Gasteiger partial charge in [0.1, 0.15) is 0 Å². The topological polar surface area (TPSA) is 38.5 Å². The zero-order chi connectivity index (χ0) is 13.0. The Hall–Kier alpha value is -0.900. The van der Waals surface area contributed by atoms with Gasteiger partial charge in [-0.15, -0.1) is 0 Å². The second-order valence-corrected chi connectivity index (χ2v) is 5.66. The maximum absolute atomic E-state index is 6.24. The molecule has 1 heterocycles. The van der Waals surface area contributed by atoms with E-state index in [9.17, 15) is 0 Å². The third-order valence-electron chi connectivity index (χ3n) is 3.75. The van der Waals surface area contributed by atoms with E-state index in [-0.39, 0.29) is 11.6 Å². The Morgan fingerprint density at radius 2 is 2.06 bits per heavy atom.